The summed E-state index contributed by atoms with van der Waals surface area (Å²) in [5.74, 6) is -0.152. The molecule has 0 heterocycles. The predicted molar refractivity (Wildman–Crippen MR) is 83.0 cm³/mol. The van der Waals surface area contributed by atoms with E-state index in [1.165, 1.54) is 6.92 Å². The van der Waals surface area contributed by atoms with Gasteiger partial charge in [-0.25, -0.2) is 4.79 Å². The minimum absolute atomic E-state index is 0.152. The van der Waals surface area contributed by atoms with Crippen LogP contribution in [0.25, 0.3) is 0 Å². The van der Waals surface area contributed by atoms with Gasteiger partial charge in [0.1, 0.15) is 0 Å². The number of carbonyl (C=O) groups is 2. The monoisotopic (exact) mass is 283 g/mol. The van der Waals surface area contributed by atoms with Crippen molar-refractivity contribution < 1.29 is 9.59 Å². The quantitative estimate of drug-likeness (QED) is 0.807. The van der Waals surface area contributed by atoms with Crippen LogP contribution in [-0.2, 0) is 11.3 Å². The number of urea groups is 1. The standard InChI is InChI=1S/C16H17N3O2/c1-12(20)18-14-8-5-9-15(10-14)19-16(21)17-11-13-6-3-2-4-7-13/h2-10H,11H2,1H3,(H,18,20)(H2,17,19,21). The maximum Gasteiger partial charge on any atom is 0.319 e. The van der Waals surface area contributed by atoms with Gasteiger partial charge in [0.15, 0.2) is 0 Å². The Morgan fingerprint density at radius 2 is 1.57 bits per heavy atom. The van der Waals surface area contributed by atoms with E-state index < -0.39 is 0 Å². The van der Waals surface area contributed by atoms with Crippen LogP contribution in [0.15, 0.2) is 54.6 Å². The molecule has 0 saturated carbocycles. The highest BCUT2D eigenvalue weighted by atomic mass is 16.2. The molecule has 2 rings (SSSR count). The molecule has 0 bridgehead atoms. The van der Waals surface area contributed by atoms with Crippen molar-refractivity contribution in [2.45, 2.75) is 13.5 Å². The lowest BCUT2D eigenvalue weighted by Crippen LogP contribution is -2.28. The molecular weight excluding hydrogens is 266 g/mol. The number of rotatable bonds is 4. The van der Waals surface area contributed by atoms with Gasteiger partial charge in [-0.05, 0) is 23.8 Å². The summed E-state index contributed by atoms with van der Waals surface area (Å²) in [4.78, 5) is 22.8. The van der Waals surface area contributed by atoms with Crippen LogP contribution in [0.5, 0.6) is 0 Å². The largest absolute Gasteiger partial charge is 0.334 e. The molecule has 0 aliphatic carbocycles. The number of hydrogen-bond donors (Lipinski definition) is 3. The van der Waals surface area contributed by atoms with Crippen molar-refractivity contribution in [2.24, 2.45) is 0 Å². The number of anilines is 2. The summed E-state index contributed by atoms with van der Waals surface area (Å²) in [7, 11) is 0. The molecule has 3 N–H and O–H groups in total. The SMILES string of the molecule is CC(=O)Nc1cccc(NC(=O)NCc2ccccc2)c1. The van der Waals surface area contributed by atoms with E-state index in [9.17, 15) is 9.59 Å². The maximum absolute atomic E-state index is 11.8. The van der Waals surface area contributed by atoms with Gasteiger partial charge in [-0.1, -0.05) is 36.4 Å². The number of carbonyl (C=O) groups excluding carboxylic acids is 2. The molecule has 0 unspecified atom stereocenters. The van der Waals surface area contributed by atoms with E-state index in [4.69, 9.17) is 0 Å². The van der Waals surface area contributed by atoms with Crippen molar-refractivity contribution >= 4 is 23.3 Å². The molecule has 5 heteroatoms. The summed E-state index contributed by atoms with van der Waals surface area (Å²) in [5.41, 5.74) is 2.29. The van der Waals surface area contributed by atoms with E-state index in [0.717, 1.165) is 5.56 Å². The fraction of sp³-hybridized carbons (Fsp3) is 0.125. The van der Waals surface area contributed by atoms with E-state index in [1.807, 2.05) is 30.3 Å². The number of benzene rings is 2. The number of hydrogen-bond acceptors (Lipinski definition) is 2. The molecule has 3 amide bonds. The van der Waals surface area contributed by atoms with Crippen molar-refractivity contribution in [3.05, 3.63) is 60.2 Å². The second-order valence-corrected chi connectivity index (χ2v) is 4.56. The molecule has 0 atom stereocenters. The predicted octanol–water partition coefficient (Wildman–Crippen LogP) is 2.97. The molecule has 0 spiro atoms. The van der Waals surface area contributed by atoms with Crippen LogP contribution < -0.4 is 16.0 Å². The zero-order valence-corrected chi connectivity index (χ0v) is 11.7. The van der Waals surface area contributed by atoms with E-state index in [2.05, 4.69) is 16.0 Å². The van der Waals surface area contributed by atoms with Crippen molar-refractivity contribution in [1.29, 1.82) is 0 Å². The molecule has 0 radical (unpaired) electrons. The lowest BCUT2D eigenvalue weighted by molar-refractivity contribution is -0.114. The van der Waals surface area contributed by atoms with Crippen LogP contribution >= 0.6 is 0 Å². The molecule has 21 heavy (non-hydrogen) atoms. The molecule has 5 nitrogen and oxygen atoms in total. The fourth-order valence-electron chi connectivity index (χ4n) is 1.83. The van der Waals surface area contributed by atoms with E-state index in [1.54, 1.807) is 24.3 Å². The van der Waals surface area contributed by atoms with Gasteiger partial charge in [0.25, 0.3) is 0 Å². The smallest absolute Gasteiger partial charge is 0.319 e. The van der Waals surface area contributed by atoms with Crippen LogP contribution in [-0.4, -0.2) is 11.9 Å². The highest BCUT2D eigenvalue weighted by Crippen LogP contribution is 2.14. The summed E-state index contributed by atoms with van der Waals surface area (Å²) >= 11 is 0. The van der Waals surface area contributed by atoms with Crippen molar-refractivity contribution in [1.82, 2.24) is 5.32 Å². The van der Waals surface area contributed by atoms with Crippen molar-refractivity contribution in [2.75, 3.05) is 10.6 Å². The third kappa shape index (κ3) is 4.99. The minimum Gasteiger partial charge on any atom is -0.334 e. The molecule has 2 aromatic rings. The Bertz CT molecular complexity index is 626. The van der Waals surface area contributed by atoms with Gasteiger partial charge in [-0.2, -0.15) is 0 Å². The Hall–Kier alpha value is -2.82. The Kier molecular flexibility index (Phi) is 4.93. The van der Waals surface area contributed by atoms with Crippen LogP contribution in [0, 0.1) is 0 Å². The zero-order valence-electron chi connectivity index (χ0n) is 11.7. The highest BCUT2D eigenvalue weighted by Gasteiger charge is 2.03. The molecule has 0 saturated heterocycles. The molecule has 108 valence electrons. The number of amides is 3. The second kappa shape index (κ2) is 7.09. The first-order chi connectivity index (χ1) is 10.1. The highest BCUT2D eigenvalue weighted by molar-refractivity contribution is 5.92. The van der Waals surface area contributed by atoms with Gasteiger partial charge in [-0.15, -0.1) is 0 Å². The second-order valence-electron chi connectivity index (χ2n) is 4.56. The fourth-order valence-corrected chi connectivity index (χ4v) is 1.83. The van der Waals surface area contributed by atoms with Gasteiger partial charge in [0.2, 0.25) is 5.91 Å². The Labute approximate surface area is 123 Å². The number of nitrogens with one attached hydrogen (secondary N) is 3. The van der Waals surface area contributed by atoms with Gasteiger partial charge in [0, 0.05) is 24.8 Å². The molecule has 0 aliphatic heterocycles. The lowest BCUT2D eigenvalue weighted by atomic mass is 10.2. The topological polar surface area (TPSA) is 70.2 Å². The van der Waals surface area contributed by atoms with Crippen molar-refractivity contribution in [3.8, 4) is 0 Å². The first kappa shape index (κ1) is 14.6. The van der Waals surface area contributed by atoms with Gasteiger partial charge in [-0.3, -0.25) is 4.79 Å². The Balaban J connectivity index is 1.89. The average molecular weight is 283 g/mol. The third-order valence-corrected chi connectivity index (χ3v) is 2.74. The normalized spacial score (nSPS) is 9.76. The summed E-state index contributed by atoms with van der Waals surface area (Å²) < 4.78 is 0. The molecule has 0 aliphatic rings. The van der Waals surface area contributed by atoms with Crippen LogP contribution in [0.1, 0.15) is 12.5 Å². The van der Waals surface area contributed by atoms with Crippen molar-refractivity contribution in [3.63, 3.8) is 0 Å². The third-order valence-electron chi connectivity index (χ3n) is 2.74. The van der Waals surface area contributed by atoms with E-state index >= 15 is 0 Å². The Morgan fingerprint density at radius 1 is 0.905 bits per heavy atom. The molecule has 0 aromatic heterocycles. The van der Waals surface area contributed by atoms with Gasteiger partial charge in [0.05, 0.1) is 0 Å². The average Bonchev–Trinajstić information content (AvgIpc) is 2.46. The van der Waals surface area contributed by atoms with Crippen LogP contribution in [0.3, 0.4) is 0 Å². The zero-order chi connectivity index (χ0) is 15.1. The summed E-state index contributed by atoms with van der Waals surface area (Å²) in [6.07, 6.45) is 0. The van der Waals surface area contributed by atoms with Crippen LogP contribution in [0.4, 0.5) is 16.2 Å². The summed E-state index contributed by atoms with van der Waals surface area (Å²) in [6.45, 7) is 1.89. The van der Waals surface area contributed by atoms with Crippen LogP contribution in [0.2, 0.25) is 0 Å². The summed E-state index contributed by atoms with van der Waals surface area (Å²) in [6, 6.07) is 16.3. The summed E-state index contributed by atoms with van der Waals surface area (Å²) in [5, 5.41) is 8.16. The molecule has 0 fully saturated rings. The molecular formula is C16H17N3O2. The minimum atomic E-state index is -0.293. The van der Waals surface area contributed by atoms with Gasteiger partial charge < -0.3 is 16.0 Å². The Morgan fingerprint density at radius 3 is 2.24 bits per heavy atom. The van der Waals surface area contributed by atoms with Gasteiger partial charge >= 0.3 is 6.03 Å². The first-order valence-corrected chi connectivity index (χ1v) is 6.60. The maximum atomic E-state index is 11.8. The van der Waals surface area contributed by atoms with E-state index in [-0.39, 0.29) is 11.9 Å². The lowest BCUT2D eigenvalue weighted by Gasteiger charge is -2.09. The van der Waals surface area contributed by atoms with E-state index in [0.29, 0.717) is 17.9 Å². The molecule has 2 aromatic carbocycles. The first-order valence-electron chi connectivity index (χ1n) is 6.60.